The Kier molecular flexibility index (Phi) is 42.2. The highest BCUT2D eigenvalue weighted by Gasteiger charge is 2.09. The van der Waals surface area contributed by atoms with Gasteiger partial charge in [0.1, 0.15) is 0 Å². The maximum absolute atomic E-state index is 5.73. The van der Waals surface area contributed by atoms with E-state index in [1.807, 2.05) is 38.9 Å². The van der Waals surface area contributed by atoms with Crippen molar-refractivity contribution in [1.82, 2.24) is 19.1 Å². The van der Waals surface area contributed by atoms with Gasteiger partial charge in [0.2, 0.25) is 0 Å². The van der Waals surface area contributed by atoms with Crippen LogP contribution < -0.4 is 0 Å². The van der Waals surface area contributed by atoms with Crippen LogP contribution in [0, 0.1) is 5.41 Å². The monoisotopic (exact) mass is 773 g/mol. The molecule has 2 heterocycles. The van der Waals surface area contributed by atoms with Crippen molar-refractivity contribution in [3.63, 3.8) is 0 Å². The van der Waals surface area contributed by atoms with Crippen LogP contribution in [0.25, 0.3) is 0 Å². The first-order valence-corrected chi connectivity index (χ1v) is 24.1. The first-order chi connectivity index (χ1) is 27.0. The van der Waals surface area contributed by atoms with E-state index in [9.17, 15) is 0 Å². The minimum Gasteiger partial charge on any atom is -0.381 e. The summed E-state index contributed by atoms with van der Waals surface area (Å²) < 4.78 is 15.7. The normalized spacial score (nSPS) is 11.3. The standard InChI is InChI=1S/C24H46N2O.C23H44N2O.C2H6/c1-24(2,3)17-22-27-21-16-14-12-10-8-6-4-5-7-9-11-13-15-19-26-20-18-25-23-26;1-2-3-21-26-22-17-15-13-11-9-7-5-4-6-8-10-12-14-16-19-25-20-18-24-23-25;1-2/h18,20,23H,4-17,19,21-22H2,1-3H3;18,20,23H,2-17,19,21-22H2,1H3;1-2H3. The van der Waals surface area contributed by atoms with Crippen LogP contribution in [0.3, 0.4) is 0 Å². The van der Waals surface area contributed by atoms with Gasteiger partial charge in [-0.2, -0.15) is 0 Å². The molecule has 0 aromatic carbocycles. The fourth-order valence-electron chi connectivity index (χ4n) is 6.73. The first-order valence-electron chi connectivity index (χ1n) is 24.1. The Morgan fingerprint density at radius 1 is 0.400 bits per heavy atom. The van der Waals surface area contributed by atoms with Gasteiger partial charge in [0.25, 0.3) is 0 Å². The lowest BCUT2D eigenvalue weighted by Crippen LogP contribution is -2.09. The third-order valence-electron chi connectivity index (χ3n) is 10.4. The fraction of sp³-hybridized carbons (Fsp3) is 0.878. The molecule has 324 valence electrons. The predicted octanol–water partition coefficient (Wildman–Crippen LogP) is 15.6. The largest absolute Gasteiger partial charge is 0.381 e. The van der Waals surface area contributed by atoms with Gasteiger partial charge in [-0.3, -0.25) is 0 Å². The molecule has 2 aromatic rings. The zero-order valence-electron chi connectivity index (χ0n) is 38.0. The SMILES string of the molecule is CC.CC(C)(C)CCOCCCCCCCCCCCCCCCn1ccnc1.CCCCOCCCCCCCCCCCCCCCCn1ccnc1. The molecule has 0 bridgehead atoms. The molecule has 55 heavy (non-hydrogen) atoms. The molecule has 6 heteroatoms. The molecule has 0 spiro atoms. The molecule has 0 unspecified atom stereocenters. The number of aryl methyl sites for hydroxylation is 2. The van der Waals surface area contributed by atoms with E-state index in [0.29, 0.717) is 5.41 Å². The summed E-state index contributed by atoms with van der Waals surface area (Å²) >= 11 is 0. The predicted molar refractivity (Wildman–Crippen MR) is 241 cm³/mol. The van der Waals surface area contributed by atoms with Gasteiger partial charge in [-0.05, 0) is 43.9 Å². The van der Waals surface area contributed by atoms with Crippen LogP contribution in [0.4, 0.5) is 0 Å². The lowest BCUT2D eigenvalue weighted by atomic mass is 9.93. The number of rotatable bonds is 38. The number of aromatic nitrogens is 4. The number of ether oxygens (including phenoxy) is 2. The number of unbranched alkanes of at least 4 members (excludes halogenated alkanes) is 26. The second-order valence-corrected chi connectivity index (χ2v) is 17.0. The summed E-state index contributed by atoms with van der Waals surface area (Å²) in [5.41, 5.74) is 0.404. The lowest BCUT2D eigenvalue weighted by Gasteiger charge is -2.17. The second kappa shape index (κ2) is 43.5. The molecule has 0 radical (unpaired) electrons. The van der Waals surface area contributed by atoms with Crippen LogP contribution in [0.1, 0.15) is 234 Å². The number of hydrogen-bond donors (Lipinski definition) is 0. The van der Waals surface area contributed by atoms with Gasteiger partial charge in [-0.15, -0.1) is 0 Å². The van der Waals surface area contributed by atoms with Crippen molar-refractivity contribution in [2.45, 2.75) is 247 Å². The van der Waals surface area contributed by atoms with Gasteiger partial charge < -0.3 is 18.6 Å². The quantitative estimate of drug-likeness (QED) is 0.0638. The summed E-state index contributed by atoms with van der Waals surface area (Å²) in [7, 11) is 0. The van der Waals surface area contributed by atoms with Crippen molar-refractivity contribution in [1.29, 1.82) is 0 Å². The average molecular weight is 773 g/mol. The highest BCUT2D eigenvalue weighted by atomic mass is 16.5. The van der Waals surface area contributed by atoms with E-state index in [4.69, 9.17) is 9.47 Å². The highest BCUT2D eigenvalue weighted by Crippen LogP contribution is 2.18. The second-order valence-electron chi connectivity index (χ2n) is 17.0. The molecule has 0 aliphatic heterocycles. The van der Waals surface area contributed by atoms with Crippen molar-refractivity contribution >= 4 is 0 Å². The van der Waals surface area contributed by atoms with Gasteiger partial charge in [0.05, 0.1) is 12.7 Å². The molecule has 0 aliphatic rings. The number of nitrogens with zero attached hydrogens (tertiary/aromatic N) is 4. The topological polar surface area (TPSA) is 54.1 Å². The smallest absolute Gasteiger partial charge is 0.0945 e. The number of hydrogen-bond acceptors (Lipinski definition) is 4. The Morgan fingerprint density at radius 3 is 0.982 bits per heavy atom. The minimum atomic E-state index is 0.404. The summed E-state index contributed by atoms with van der Waals surface area (Å²) in [6.07, 6.45) is 52.9. The van der Waals surface area contributed by atoms with Crippen molar-refractivity contribution in [2.24, 2.45) is 5.41 Å². The van der Waals surface area contributed by atoms with Crippen LogP contribution in [0.15, 0.2) is 37.4 Å². The molecule has 0 fully saturated rings. The summed E-state index contributed by atoms with van der Waals surface area (Å²) in [6.45, 7) is 19.1. The van der Waals surface area contributed by atoms with Gasteiger partial charge in [-0.25, -0.2) is 9.97 Å². The number of imidazole rings is 2. The molecular formula is C49H96N4O2. The summed E-state index contributed by atoms with van der Waals surface area (Å²) in [5, 5.41) is 0. The van der Waals surface area contributed by atoms with E-state index in [-0.39, 0.29) is 0 Å². The van der Waals surface area contributed by atoms with E-state index in [0.717, 1.165) is 39.5 Å². The molecule has 0 saturated carbocycles. The zero-order valence-corrected chi connectivity index (χ0v) is 38.0. The summed E-state index contributed by atoms with van der Waals surface area (Å²) in [4.78, 5) is 8.16. The summed E-state index contributed by atoms with van der Waals surface area (Å²) in [5.74, 6) is 0. The molecule has 0 saturated heterocycles. The summed E-state index contributed by atoms with van der Waals surface area (Å²) in [6, 6.07) is 0. The van der Waals surface area contributed by atoms with E-state index in [1.165, 1.54) is 193 Å². The van der Waals surface area contributed by atoms with Gasteiger partial charge in [0, 0.05) is 64.3 Å². The molecule has 6 nitrogen and oxygen atoms in total. The first kappa shape index (κ1) is 53.3. The Hall–Kier alpha value is -1.66. The van der Waals surface area contributed by atoms with Crippen molar-refractivity contribution < 1.29 is 9.47 Å². The Labute approximate surface area is 344 Å². The molecular weight excluding hydrogens is 677 g/mol. The zero-order chi connectivity index (χ0) is 40.2. The fourth-order valence-corrected chi connectivity index (χ4v) is 6.73. The van der Waals surface area contributed by atoms with Crippen LogP contribution in [0.2, 0.25) is 0 Å². The van der Waals surface area contributed by atoms with Crippen molar-refractivity contribution in [2.75, 3.05) is 26.4 Å². The van der Waals surface area contributed by atoms with Gasteiger partial charge in [0.15, 0.2) is 0 Å². The molecule has 2 rings (SSSR count). The molecule has 0 amide bonds. The van der Waals surface area contributed by atoms with Crippen LogP contribution >= 0.6 is 0 Å². The van der Waals surface area contributed by atoms with E-state index < -0.39 is 0 Å². The third kappa shape index (κ3) is 43.3. The average Bonchev–Trinajstić information content (AvgIpc) is 3.91. The lowest BCUT2D eigenvalue weighted by molar-refractivity contribution is 0.105. The molecule has 0 atom stereocenters. The van der Waals surface area contributed by atoms with Crippen LogP contribution in [-0.2, 0) is 22.6 Å². The highest BCUT2D eigenvalue weighted by molar-refractivity contribution is 4.74. The van der Waals surface area contributed by atoms with E-state index in [1.54, 1.807) is 0 Å². The molecule has 2 aromatic heterocycles. The van der Waals surface area contributed by atoms with Gasteiger partial charge >= 0.3 is 0 Å². The third-order valence-corrected chi connectivity index (χ3v) is 10.4. The molecule has 0 aliphatic carbocycles. The van der Waals surface area contributed by atoms with Crippen molar-refractivity contribution in [3.05, 3.63) is 37.4 Å². The maximum Gasteiger partial charge on any atom is 0.0945 e. The van der Waals surface area contributed by atoms with E-state index >= 15 is 0 Å². The van der Waals surface area contributed by atoms with E-state index in [2.05, 4.69) is 59.2 Å². The maximum atomic E-state index is 5.73. The molecule has 0 N–H and O–H groups in total. The minimum absolute atomic E-state index is 0.404. The van der Waals surface area contributed by atoms with Crippen LogP contribution in [-0.4, -0.2) is 45.5 Å². The van der Waals surface area contributed by atoms with Gasteiger partial charge in [-0.1, -0.05) is 196 Å². The Balaban J connectivity index is 0.00000102. The Morgan fingerprint density at radius 2 is 0.691 bits per heavy atom. The van der Waals surface area contributed by atoms with Crippen LogP contribution in [0.5, 0.6) is 0 Å². The Bertz CT molecular complexity index is 925. The van der Waals surface area contributed by atoms with Crippen molar-refractivity contribution in [3.8, 4) is 0 Å².